The van der Waals surface area contributed by atoms with Crippen molar-refractivity contribution in [3.8, 4) is 0 Å². The topological polar surface area (TPSA) is 67.5 Å². The van der Waals surface area contributed by atoms with Crippen LogP contribution in [-0.4, -0.2) is 17.7 Å². The summed E-state index contributed by atoms with van der Waals surface area (Å²) in [4.78, 5) is 11.6. The molecule has 0 saturated carbocycles. The molecule has 4 heteroatoms. The fourth-order valence-corrected chi connectivity index (χ4v) is 1.70. The van der Waals surface area contributed by atoms with Gasteiger partial charge in [0.15, 0.2) is 0 Å². The third-order valence-corrected chi connectivity index (χ3v) is 2.79. The third-order valence-electron chi connectivity index (χ3n) is 2.79. The Balaban J connectivity index is 2.35. The van der Waals surface area contributed by atoms with Crippen LogP contribution < -0.4 is 11.2 Å². The van der Waals surface area contributed by atoms with Gasteiger partial charge in [0.1, 0.15) is 0 Å². The first kappa shape index (κ1) is 14.0. The van der Waals surface area contributed by atoms with E-state index in [4.69, 9.17) is 5.73 Å². The molecule has 20 heavy (non-hydrogen) atoms. The molecule has 0 bridgehead atoms. The van der Waals surface area contributed by atoms with E-state index in [1.807, 2.05) is 60.7 Å². The number of carbonyl (C=O) groups is 1. The van der Waals surface area contributed by atoms with Crippen LogP contribution in [0, 0.1) is 0 Å². The number of nitrogens with zero attached hydrogens (tertiary/aromatic N) is 1. The minimum absolute atomic E-state index is 0.311. The number of benzene rings is 2. The standard InChI is InChI=1S/C16H17N3O/c1-12(17)16(20)19-18-15(13-8-4-2-5-9-13)14-10-6-3-7-11-14/h2-12H,17H2,1H3,(H,19,20)/t12-/m0/s1. The predicted octanol–water partition coefficient (Wildman–Crippen LogP) is 1.90. The summed E-state index contributed by atoms with van der Waals surface area (Å²) < 4.78 is 0. The van der Waals surface area contributed by atoms with E-state index in [1.165, 1.54) is 0 Å². The number of rotatable bonds is 4. The fraction of sp³-hybridized carbons (Fsp3) is 0.125. The molecular weight excluding hydrogens is 250 g/mol. The molecule has 0 aromatic heterocycles. The number of nitrogens with two attached hydrogens (primary N) is 1. The van der Waals surface area contributed by atoms with Crippen LogP contribution in [0.5, 0.6) is 0 Å². The molecule has 102 valence electrons. The van der Waals surface area contributed by atoms with Crippen LogP contribution in [0.3, 0.4) is 0 Å². The van der Waals surface area contributed by atoms with Gasteiger partial charge in [-0.15, -0.1) is 0 Å². The average molecular weight is 267 g/mol. The SMILES string of the molecule is C[C@H](N)C(=O)NN=C(c1ccccc1)c1ccccc1. The van der Waals surface area contributed by atoms with Gasteiger partial charge < -0.3 is 5.73 Å². The van der Waals surface area contributed by atoms with Gasteiger partial charge in [-0.25, -0.2) is 5.43 Å². The second kappa shape index (κ2) is 6.63. The Hall–Kier alpha value is -2.46. The second-order valence-corrected chi connectivity index (χ2v) is 4.46. The van der Waals surface area contributed by atoms with E-state index in [1.54, 1.807) is 6.92 Å². The van der Waals surface area contributed by atoms with Gasteiger partial charge in [0.25, 0.3) is 5.91 Å². The molecular formula is C16H17N3O. The van der Waals surface area contributed by atoms with Gasteiger partial charge in [0.05, 0.1) is 11.8 Å². The molecule has 0 saturated heterocycles. The van der Waals surface area contributed by atoms with Crippen molar-refractivity contribution in [2.75, 3.05) is 0 Å². The molecule has 0 unspecified atom stereocenters. The number of hydrogen-bond donors (Lipinski definition) is 2. The van der Waals surface area contributed by atoms with E-state index in [2.05, 4.69) is 10.5 Å². The zero-order chi connectivity index (χ0) is 14.4. The van der Waals surface area contributed by atoms with E-state index >= 15 is 0 Å². The quantitative estimate of drug-likeness (QED) is 0.656. The average Bonchev–Trinajstić information content (AvgIpc) is 2.49. The summed E-state index contributed by atoms with van der Waals surface area (Å²) in [6.45, 7) is 1.62. The number of hydrogen-bond acceptors (Lipinski definition) is 3. The minimum Gasteiger partial charge on any atom is -0.320 e. The molecule has 1 atom stereocenters. The van der Waals surface area contributed by atoms with Crippen molar-refractivity contribution in [1.29, 1.82) is 0 Å². The van der Waals surface area contributed by atoms with Crippen LogP contribution in [0.4, 0.5) is 0 Å². The molecule has 0 fully saturated rings. The lowest BCUT2D eigenvalue weighted by Gasteiger charge is -2.09. The van der Waals surface area contributed by atoms with Crippen molar-refractivity contribution >= 4 is 11.6 Å². The van der Waals surface area contributed by atoms with Crippen molar-refractivity contribution in [2.45, 2.75) is 13.0 Å². The molecule has 0 spiro atoms. The maximum Gasteiger partial charge on any atom is 0.256 e. The number of carbonyl (C=O) groups excluding carboxylic acids is 1. The molecule has 3 N–H and O–H groups in total. The molecule has 1 amide bonds. The third kappa shape index (κ3) is 3.52. The summed E-state index contributed by atoms with van der Waals surface area (Å²) in [6, 6.07) is 18.8. The van der Waals surface area contributed by atoms with Gasteiger partial charge in [-0.3, -0.25) is 4.79 Å². The van der Waals surface area contributed by atoms with Crippen molar-refractivity contribution in [3.63, 3.8) is 0 Å². The minimum atomic E-state index is -0.591. The van der Waals surface area contributed by atoms with Gasteiger partial charge in [0.2, 0.25) is 0 Å². The van der Waals surface area contributed by atoms with Crippen LogP contribution in [0.2, 0.25) is 0 Å². The summed E-state index contributed by atoms with van der Waals surface area (Å²) in [5.41, 5.74) is 10.6. The summed E-state index contributed by atoms with van der Waals surface area (Å²) >= 11 is 0. The Kier molecular flexibility index (Phi) is 4.63. The highest BCUT2D eigenvalue weighted by Crippen LogP contribution is 2.10. The van der Waals surface area contributed by atoms with Crippen LogP contribution >= 0.6 is 0 Å². The van der Waals surface area contributed by atoms with Gasteiger partial charge in [0, 0.05) is 11.1 Å². The first-order valence-corrected chi connectivity index (χ1v) is 6.42. The summed E-state index contributed by atoms with van der Waals surface area (Å²) in [7, 11) is 0. The Bertz CT molecular complexity index is 550. The zero-order valence-corrected chi connectivity index (χ0v) is 11.3. The molecule has 0 radical (unpaired) electrons. The Morgan fingerprint density at radius 3 is 1.85 bits per heavy atom. The van der Waals surface area contributed by atoms with Crippen molar-refractivity contribution < 1.29 is 4.79 Å². The molecule has 2 aromatic carbocycles. The lowest BCUT2D eigenvalue weighted by Crippen LogP contribution is -2.36. The van der Waals surface area contributed by atoms with Gasteiger partial charge in [-0.2, -0.15) is 5.10 Å². The molecule has 0 heterocycles. The number of hydrazone groups is 1. The van der Waals surface area contributed by atoms with E-state index in [0.717, 1.165) is 11.1 Å². The largest absolute Gasteiger partial charge is 0.320 e. The molecule has 2 aromatic rings. The van der Waals surface area contributed by atoms with E-state index in [-0.39, 0.29) is 5.91 Å². The molecule has 0 aliphatic rings. The van der Waals surface area contributed by atoms with Crippen LogP contribution in [0.1, 0.15) is 18.1 Å². The van der Waals surface area contributed by atoms with Crippen molar-refractivity contribution in [1.82, 2.24) is 5.43 Å². The van der Waals surface area contributed by atoms with Gasteiger partial charge in [-0.1, -0.05) is 60.7 Å². The van der Waals surface area contributed by atoms with Gasteiger partial charge in [-0.05, 0) is 6.92 Å². The smallest absolute Gasteiger partial charge is 0.256 e. The van der Waals surface area contributed by atoms with Crippen LogP contribution in [0.15, 0.2) is 65.8 Å². The van der Waals surface area contributed by atoms with E-state index < -0.39 is 6.04 Å². The Labute approximate surface area is 118 Å². The van der Waals surface area contributed by atoms with Crippen molar-refractivity contribution in [2.24, 2.45) is 10.8 Å². The highest BCUT2D eigenvalue weighted by Gasteiger charge is 2.09. The molecule has 0 aliphatic carbocycles. The first-order valence-electron chi connectivity index (χ1n) is 6.42. The van der Waals surface area contributed by atoms with Crippen LogP contribution in [0.25, 0.3) is 0 Å². The normalized spacial score (nSPS) is 11.5. The monoisotopic (exact) mass is 267 g/mol. The lowest BCUT2D eigenvalue weighted by molar-refractivity contribution is -0.121. The summed E-state index contributed by atoms with van der Waals surface area (Å²) in [5, 5.41) is 4.22. The summed E-state index contributed by atoms with van der Waals surface area (Å²) in [6.07, 6.45) is 0. The van der Waals surface area contributed by atoms with Crippen LogP contribution in [-0.2, 0) is 4.79 Å². The second-order valence-electron chi connectivity index (χ2n) is 4.46. The van der Waals surface area contributed by atoms with E-state index in [9.17, 15) is 4.79 Å². The fourth-order valence-electron chi connectivity index (χ4n) is 1.70. The Morgan fingerprint density at radius 1 is 1.00 bits per heavy atom. The molecule has 2 rings (SSSR count). The molecule has 4 nitrogen and oxygen atoms in total. The highest BCUT2D eigenvalue weighted by atomic mass is 16.2. The zero-order valence-electron chi connectivity index (χ0n) is 11.3. The number of nitrogens with one attached hydrogen (secondary N) is 1. The number of amides is 1. The van der Waals surface area contributed by atoms with E-state index in [0.29, 0.717) is 5.71 Å². The van der Waals surface area contributed by atoms with Crippen molar-refractivity contribution in [3.05, 3.63) is 71.8 Å². The maximum atomic E-state index is 11.6. The Morgan fingerprint density at radius 2 is 1.45 bits per heavy atom. The summed E-state index contributed by atoms with van der Waals surface area (Å²) in [5.74, 6) is -0.311. The highest BCUT2D eigenvalue weighted by molar-refractivity contribution is 6.13. The lowest BCUT2D eigenvalue weighted by atomic mass is 10.0. The van der Waals surface area contributed by atoms with Gasteiger partial charge >= 0.3 is 0 Å². The first-order chi connectivity index (χ1) is 9.68. The predicted molar refractivity (Wildman–Crippen MR) is 80.3 cm³/mol. The maximum absolute atomic E-state index is 11.6. The molecule has 0 aliphatic heterocycles.